The molecule has 0 spiro atoms. The van der Waals surface area contributed by atoms with Crippen LogP contribution in [0.5, 0.6) is 0 Å². The Balaban J connectivity index is 2.84. The van der Waals surface area contributed by atoms with E-state index >= 15 is 0 Å². The number of aliphatic hydroxyl groups excluding tert-OH is 1. The molecule has 13 heavy (non-hydrogen) atoms. The number of anilines is 1. The fourth-order valence-corrected chi connectivity index (χ4v) is 1.25. The molecule has 1 heterocycles. The predicted molar refractivity (Wildman–Crippen MR) is 51.7 cm³/mol. The molecule has 1 aromatic heterocycles. The lowest BCUT2D eigenvalue weighted by Crippen LogP contribution is -2.28. The van der Waals surface area contributed by atoms with E-state index in [-0.39, 0.29) is 6.61 Å². The van der Waals surface area contributed by atoms with Crippen LogP contribution in [0.1, 0.15) is 12.6 Å². The molecular weight excluding hydrogens is 166 g/mol. The summed E-state index contributed by atoms with van der Waals surface area (Å²) in [5.41, 5.74) is 0.901. The van der Waals surface area contributed by atoms with Crippen LogP contribution in [0, 0.1) is 6.92 Å². The first kappa shape index (κ1) is 9.92. The van der Waals surface area contributed by atoms with Crippen molar-refractivity contribution in [2.45, 2.75) is 13.8 Å². The van der Waals surface area contributed by atoms with Crippen molar-refractivity contribution in [2.75, 3.05) is 24.6 Å². The lowest BCUT2D eigenvalue weighted by atomic mass is 10.4. The summed E-state index contributed by atoms with van der Waals surface area (Å²) >= 11 is 0. The van der Waals surface area contributed by atoms with Crippen molar-refractivity contribution in [3.8, 4) is 0 Å². The molecule has 0 radical (unpaired) electrons. The SMILES string of the molecule is CCN(CCO)c1nccnc1C. The minimum Gasteiger partial charge on any atom is -0.395 e. The summed E-state index contributed by atoms with van der Waals surface area (Å²) in [5, 5.41) is 8.83. The lowest BCUT2D eigenvalue weighted by Gasteiger charge is -2.21. The molecule has 0 unspecified atom stereocenters. The van der Waals surface area contributed by atoms with Gasteiger partial charge in [0.1, 0.15) is 5.82 Å². The van der Waals surface area contributed by atoms with Gasteiger partial charge in [-0.2, -0.15) is 0 Å². The summed E-state index contributed by atoms with van der Waals surface area (Å²) in [7, 11) is 0. The second kappa shape index (κ2) is 4.77. The van der Waals surface area contributed by atoms with Gasteiger partial charge in [-0.3, -0.25) is 4.98 Å². The van der Waals surface area contributed by atoms with Crippen molar-refractivity contribution in [3.05, 3.63) is 18.1 Å². The number of likely N-dealkylation sites (N-methyl/N-ethyl adjacent to an activating group) is 1. The summed E-state index contributed by atoms with van der Waals surface area (Å²) in [6.45, 7) is 5.53. The van der Waals surface area contributed by atoms with Crippen molar-refractivity contribution < 1.29 is 5.11 Å². The van der Waals surface area contributed by atoms with E-state index in [1.54, 1.807) is 12.4 Å². The normalized spacial score (nSPS) is 10.1. The fraction of sp³-hybridized carbons (Fsp3) is 0.556. The molecule has 1 rings (SSSR count). The van der Waals surface area contributed by atoms with Gasteiger partial charge in [-0.05, 0) is 13.8 Å². The minimum atomic E-state index is 0.143. The molecule has 0 aliphatic carbocycles. The lowest BCUT2D eigenvalue weighted by molar-refractivity contribution is 0.302. The van der Waals surface area contributed by atoms with Crippen LogP contribution in [0.4, 0.5) is 5.82 Å². The van der Waals surface area contributed by atoms with Crippen LogP contribution in [-0.2, 0) is 0 Å². The molecule has 0 saturated carbocycles. The van der Waals surface area contributed by atoms with Crippen LogP contribution in [0.15, 0.2) is 12.4 Å². The summed E-state index contributed by atoms with van der Waals surface area (Å²) in [4.78, 5) is 10.4. The Hall–Kier alpha value is -1.16. The van der Waals surface area contributed by atoms with Crippen molar-refractivity contribution in [2.24, 2.45) is 0 Å². The molecule has 0 saturated heterocycles. The van der Waals surface area contributed by atoms with E-state index in [4.69, 9.17) is 5.11 Å². The Labute approximate surface area is 78.2 Å². The van der Waals surface area contributed by atoms with Gasteiger partial charge in [0.15, 0.2) is 0 Å². The predicted octanol–water partition coefficient (Wildman–Crippen LogP) is 0.604. The number of aliphatic hydroxyl groups is 1. The van der Waals surface area contributed by atoms with Crippen LogP contribution in [0.3, 0.4) is 0 Å². The maximum atomic E-state index is 8.83. The maximum absolute atomic E-state index is 8.83. The highest BCUT2D eigenvalue weighted by Crippen LogP contribution is 2.12. The molecule has 0 atom stereocenters. The third kappa shape index (κ3) is 2.39. The van der Waals surface area contributed by atoms with Gasteiger partial charge in [-0.15, -0.1) is 0 Å². The quantitative estimate of drug-likeness (QED) is 0.739. The number of aryl methyl sites for hydroxylation is 1. The monoisotopic (exact) mass is 181 g/mol. The van der Waals surface area contributed by atoms with Crippen LogP contribution < -0.4 is 4.90 Å². The largest absolute Gasteiger partial charge is 0.395 e. The summed E-state index contributed by atoms with van der Waals surface area (Å²) in [6, 6.07) is 0. The van der Waals surface area contributed by atoms with Gasteiger partial charge in [0.05, 0.1) is 12.3 Å². The highest BCUT2D eigenvalue weighted by atomic mass is 16.3. The van der Waals surface area contributed by atoms with Crippen LogP contribution >= 0.6 is 0 Å². The molecule has 4 heteroatoms. The number of hydrogen-bond acceptors (Lipinski definition) is 4. The van der Waals surface area contributed by atoms with Gasteiger partial charge >= 0.3 is 0 Å². The molecule has 0 aromatic carbocycles. The molecule has 1 N–H and O–H groups in total. The molecule has 0 aliphatic rings. The average Bonchev–Trinajstić information content (AvgIpc) is 2.16. The second-order valence-corrected chi connectivity index (χ2v) is 2.77. The average molecular weight is 181 g/mol. The highest BCUT2D eigenvalue weighted by Gasteiger charge is 2.07. The topological polar surface area (TPSA) is 49.2 Å². The van der Waals surface area contributed by atoms with Crippen molar-refractivity contribution in [1.82, 2.24) is 9.97 Å². The zero-order valence-electron chi connectivity index (χ0n) is 8.06. The van der Waals surface area contributed by atoms with E-state index in [9.17, 15) is 0 Å². The van der Waals surface area contributed by atoms with Crippen LogP contribution in [-0.4, -0.2) is 34.8 Å². The Bertz CT molecular complexity index is 265. The van der Waals surface area contributed by atoms with Gasteiger partial charge in [-0.25, -0.2) is 4.98 Å². The molecule has 0 aliphatic heterocycles. The van der Waals surface area contributed by atoms with E-state index in [0.29, 0.717) is 6.54 Å². The number of aromatic nitrogens is 2. The Kier molecular flexibility index (Phi) is 3.64. The van der Waals surface area contributed by atoms with Crippen LogP contribution in [0.25, 0.3) is 0 Å². The smallest absolute Gasteiger partial charge is 0.150 e. The zero-order chi connectivity index (χ0) is 9.68. The van der Waals surface area contributed by atoms with Crippen molar-refractivity contribution in [3.63, 3.8) is 0 Å². The molecule has 0 bridgehead atoms. The molecule has 1 aromatic rings. The Morgan fingerprint density at radius 3 is 2.62 bits per heavy atom. The van der Waals surface area contributed by atoms with E-state index < -0.39 is 0 Å². The summed E-state index contributed by atoms with van der Waals surface area (Å²) in [6.07, 6.45) is 3.34. The van der Waals surface area contributed by atoms with Crippen LogP contribution in [0.2, 0.25) is 0 Å². The standard InChI is InChI=1S/C9H15N3O/c1-3-12(6-7-13)9-8(2)10-4-5-11-9/h4-5,13H,3,6-7H2,1-2H3. The van der Waals surface area contributed by atoms with E-state index in [0.717, 1.165) is 18.1 Å². The summed E-state index contributed by atoms with van der Waals surface area (Å²) in [5.74, 6) is 0.860. The second-order valence-electron chi connectivity index (χ2n) is 2.77. The first-order chi connectivity index (χ1) is 6.29. The Morgan fingerprint density at radius 1 is 1.38 bits per heavy atom. The molecule has 0 amide bonds. The van der Waals surface area contributed by atoms with Gasteiger partial charge in [-0.1, -0.05) is 0 Å². The van der Waals surface area contributed by atoms with Gasteiger partial charge in [0.2, 0.25) is 0 Å². The fourth-order valence-electron chi connectivity index (χ4n) is 1.25. The van der Waals surface area contributed by atoms with E-state index in [1.807, 2.05) is 18.7 Å². The highest BCUT2D eigenvalue weighted by molar-refractivity contribution is 5.41. The third-order valence-electron chi connectivity index (χ3n) is 1.91. The maximum Gasteiger partial charge on any atom is 0.150 e. The first-order valence-corrected chi connectivity index (χ1v) is 4.43. The zero-order valence-corrected chi connectivity index (χ0v) is 8.06. The minimum absolute atomic E-state index is 0.143. The van der Waals surface area contributed by atoms with Gasteiger partial charge < -0.3 is 10.0 Å². The number of nitrogens with zero attached hydrogens (tertiary/aromatic N) is 3. The molecule has 0 fully saturated rings. The van der Waals surface area contributed by atoms with E-state index in [2.05, 4.69) is 9.97 Å². The summed E-state index contributed by atoms with van der Waals surface area (Å²) < 4.78 is 0. The Morgan fingerprint density at radius 2 is 2.08 bits per heavy atom. The number of rotatable bonds is 4. The van der Waals surface area contributed by atoms with Gasteiger partial charge in [0.25, 0.3) is 0 Å². The molecular formula is C9H15N3O. The van der Waals surface area contributed by atoms with Gasteiger partial charge in [0, 0.05) is 25.5 Å². The number of hydrogen-bond donors (Lipinski definition) is 1. The third-order valence-corrected chi connectivity index (χ3v) is 1.91. The van der Waals surface area contributed by atoms with E-state index in [1.165, 1.54) is 0 Å². The first-order valence-electron chi connectivity index (χ1n) is 4.43. The molecule has 72 valence electrons. The van der Waals surface area contributed by atoms with Crippen molar-refractivity contribution in [1.29, 1.82) is 0 Å². The molecule has 4 nitrogen and oxygen atoms in total. The van der Waals surface area contributed by atoms with Crippen molar-refractivity contribution >= 4 is 5.82 Å².